The first-order valence-corrected chi connectivity index (χ1v) is 5.20. The lowest BCUT2D eigenvalue weighted by atomic mass is 10.1. The topological polar surface area (TPSA) is 49.3 Å². The van der Waals surface area contributed by atoms with Crippen LogP contribution in [0.25, 0.3) is 0 Å². The monoisotopic (exact) mass is 301 g/mol. The maximum absolute atomic E-state index is 12.6. The van der Waals surface area contributed by atoms with Gasteiger partial charge >= 0.3 is 18.3 Å². The minimum atomic E-state index is -5.20. The number of hydrogen-bond donors (Lipinski definition) is 2. The molecule has 2 N–H and O–H groups in total. The standard InChI is InChI=1S/C11H9F6NO2/c1-5(9(19)20)18-6-2-3-7(10(12,13)14)8(4-6)11(15,16)17/h2-5,18H,1H3,(H,19,20)/t5-/m0/s1. The molecular formula is C11H9F6NO2. The molecule has 0 aromatic heterocycles. The van der Waals surface area contributed by atoms with Crippen molar-refractivity contribution in [3.05, 3.63) is 29.3 Å². The van der Waals surface area contributed by atoms with Gasteiger partial charge in [-0.25, -0.2) is 0 Å². The molecule has 0 saturated carbocycles. The molecule has 0 saturated heterocycles. The third kappa shape index (κ3) is 3.78. The van der Waals surface area contributed by atoms with Gasteiger partial charge in [0.1, 0.15) is 6.04 Å². The predicted octanol–water partition coefficient (Wildman–Crippen LogP) is 3.61. The highest BCUT2D eigenvalue weighted by molar-refractivity contribution is 5.76. The molecule has 0 unspecified atom stereocenters. The van der Waals surface area contributed by atoms with Crippen molar-refractivity contribution in [2.24, 2.45) is 0 Å². The van der Waals surface area contributed by atoms with Crippen molar-refractivity contribution in [1.29, 1.82) is 0 Å². The fourth-order valence-corrected chi connectivity index (χ4v) is 1.43. The molecule has 1 rings (SSSR count). The van der Waals surface area contributed by atoms with Gasteiger partial charge in [-0.05, 0) is 25.1 Å². The summed E-state index contributed by atoms with van der Waals surface area (Å²) in [6.45, 7) is 1.15. The minimum absolute atomic E-state index is 0.238. The Hall–Kier alpha value is -1.93. The van der Waals surface area contributed by atoms with Crippen LogP contribution in [0.4, 0.5) is 32.0 Å². The lowest BCUT2D eigenvalue weighted by molar-refractivity contribution is -0.162. The molecule has 20 heavy (non-hydrogen) atoms. The van der Waals surface area contributed by atoms with Gasteiger partial charge in [-0.15, -0.1) is 0 Å². The number of carboxylic acids is 1. The smallest absolute Gasteiger partial charge is 0.417 e. The number of carbonyl (C=O) groups is 1. The van der Waals surface area contributed by atoms with Crippen LogP contribution in [0.2, 0.25) is 0 Å². The highest BCUT2D eigenvalue weighted by Crippen LogP contribution is 2.41. The average Bonchev–Trinajstić information content (AvgIpc) is 2.26. The Morgan fingerprint density at radius 2 is 1.60 bits per heavy atom. The Morgan fingerprint density at radius 1 is 1.10 bits per heavy atom. The van der Waals surface area contributed by atoms with Crippen LogP contribution in [0, 0.1) is 0 Å². The Balaban J connectivity index is 3.26. The summed E-state index contributed by atoms with van der Waals surface area (Å²) in [6.07, 6.45) is -10.4. The van der Waals surface area contributed by atoms with Crippen molar-refractivity contribution in [3.63, 3.8) is 0 Å². The quantitative estimate of drug-likeness (QED) is 0.839. The molecule has 3 nitrogen and oxygen atoms in total. The summed E-state index contributed by atoms with van der Waals surface area (Å²) >= 11 is 0. The van der Waals surface area contributed by atoms with E-state index in [0.717, 1.165) is 13.0 Å². The molecule has 0 bridgehead atoms. The zero-order chi connectivity index (χ0) is 15.7. The number of alkyl halides is 6. The summed E-state index contributed by atoms with van der Waals surface area (Å²) in [7, 11) is 0. The van der Waals surface area contributed by atoms with Crippen LogP contribution in [0.5, 0.6) is 0 Å². The van der Waals surface area contributed by atoms with Crippen LogP contribution < -0.4 is 5.32 Å². The number of benzene rings is 1. The fourth-order valence-electron chi connectivity index (χ4n) is 1.43. The molecule has 0 aliphatic rings. The van der Waals surface area contributed by atoms with E-state index in [2.05, 4.69) is 5.32 Å². The Morgan fingerprint density at radius 3 is 2.00 bits per heavy atom. The maximum Gasteiger partial charge on any atom is 0.417 e. The molecule has 0 radical (unpaired) electrons. The first-order valence-electron chi connectivity index (χ1n) is 5.20. The van der Waals surface area contributed by atoms with Crippen LogP contribution in [0.15, 0.2) is 18.2 Å². The van der Waals surface area contributed by atoms with Crippen molar-refractivity contribution in [3.8, 4) is 0 Å². The van der Waals surface area contributed by atoms with E-state index in [0.29, 0.717) is 0 Å². The highest BCUT2D eigenvalue weighted by Gasteiger charge is 2.43. The summed E-state index contributed by atoms with van der Waals surface area (Å²) in [6, 6.07) is 0.00674. The molecule has 112 valence electrons. The van der Waals surface area contributed by atoms with Gasteiger partial charge in [0.25, 0.3) is 0 Å². The van der Waals surface area contributed by atoms with Gasteiger partial charge in [0.2, 0.25) is 0 Å². The fraction of sp³-hybridized carbons (Fsp3) is 0.364. The predicted molar refractivity (Wildman–Crippen MR) is 57.2 cm³/mol. The number of aliphatic carboxylic acids is 1. The minimum Gasteiger partial charge on any atom is -0.480 e. The largest absolute Gasteiger partial charge is 0.480 e. The van der Waals surface area contributed by atoms with Crippen molar-refractivity contribution in [1.82, 2.24) is 0 Å². The molecule has 0 heterocycles. The van der Waals surface area contributed by atoms with Crippen LogP contribution in [0.3, 0.4) is 0 Å². The molecule has 0 spiro atoms. The van der Waals surface area contributed by atoms with Crippen LogP contribution >= 0.6 is 0 Å². The van der Waals surface area contributed by atoms with E-state index >= 15 is 0 Å². The molecule has 1 aromatic carbocycles. The summed E-state index contributed by atoms with van der Waals surface area (Å²) < 4.78 is 75.3. The Bertz CT molecular complexity index is 509. The van der Waals surface area contributed by atoms with E-state index < -0.39 is 35.5 Å². The molecule has 0 amide bonds. The number of anilines is 1. The van der Waals surface area contributed by atoms with E-state index in [1.165, 1.54) is 0 Å². The van der Waals surface area contributed by atoms with E-state index in [1.54, 1.807) is 0 Å². The van der Waals surface area contributed by atoms with Crippen LogP contribution in [-0.2, 0) is 17.1 Å². The molecular weight excluding hydrogens is 292 g/mol. The van der Waals surface area contributed by atoms with Crippen molar-refractivity contribution in [2.45, 2.75) is 25.3 Å². The lowest BCUT2D eigenvalue weighted by Crippen LogP contribution is -2.26. The van der Waals surface area contributed by atoms with Crippen molar-refractivity contribution >= 4 is 11.7 Å². The second kappa shape index (κ2) is 5.22. The number of rotatable bonds is 3. The van der Waals surface area contributed by atoms with E-state index in [-0.39, 0.29) is 17.8 Å². The number of halogens is 6. The van der Waals surface area contributed by atoms with Crippen molar-refractivity contribution < 1.29 is 36.2 Å². The van der Waals surface area contributed by atoms with E-state index in [1.807, 2.05) is 0 Å². The Kier molecular flexibility index (Phi) is 4.21. The van der Waals surface area contributed by atoms with Gasteiger partial charge in [0.05, 0.1) is 11.1 Å². The number of carboxylic acid groups (broad SMARTS) is 1. The average molecular weight is 301 g/mol. The second-order valence-corrected chi connectivity index (χ2v) is 3.96. The van der Waals surface area contributed by atoms with Gasteiger partial charge in [0.15, 0.2) is 0 Å². The van der Waals surface area contributed by atoms with Crippen molar-refractivity contribution in [2.75, 3.05) is 5.32 Å². The third-order valence-corrected chi connectivity index (χ3v) is 2.38. The van der Waals surface area contributed by atoms with E-state index in [4.69, 9.17) is 5.11 Å². The molecule has 0 fully saturated rings. The van der Waals surface area contributed by atoms with Gasteiger partial charge in [0, 0.05) is 5.69 Å². The normalized spacial score (nSPS) is 13.9. The first kappa shape index (κ1) is 16.1. The SMILES string of the molecule is C[C@H](Nc1ccc(C(F)(F)F)c(C(F)(F)F)c1)C(=O)O. The maximum atomic E-state index is 12.6. The number of nitrogens with one attached hydrogen (secondary N) is 1. The third-order valence-electron chi connectivity index (χ3n) is 2.38. The molecule has 0 aliphatic heterocycles. The van der Waals surface area contributed by atoms with Gasteiger partial charge < -0.3 is 10.4 Å². The van der Waals surface area contributed by atoms with Crippen LogP contribution in [0.1, 0.15) is 18.1 Å². The Labute approximate surface area is 109 Å². The lowest BCUT2D eigenvalue weighted by Gasteiger charge is -2.18. The highest BCUT2D eigenvalue weighted by atomic mass is 19.4. The molecule has 1 atom stereocenters. The molecule has 1 aromatic rings. The van der Waals surface area contributed by atoms with Crippen LogP contribution in [-0.4, -0.2) is 17.1 Å². The summed E-state index contributed by atoms with van der Waals surface area (Å²) in [4.78, 5) is 10.5. The summed E-state index contributed by atoms with van der Waals surface area (Å²) in [5, 5.41) is 10.8. The number of hydrogen-bond acceptors (Lipinski definition) is 2. The first-order chi connectivity index (χ1) is 8.93. The van der Waals surface area contributed by atoms with Gasteiger partial charge in [-0.1, -0.05) is 0 Å². The second-order valence-electron chi connectivity index (χ2n) is 3.96. The molecule has 0 aliphatic carbocycles. The van der Waals surface area contributed by atoms with Gasteiger partial charge in [-0.3, -0.25) is 4.79 Å². The van der Waals surface area contributed by atoms with E-state index in [9.17, 15) is 31.1 Å². The van der Waals surface area contributed by atoms with Gasteiger partial charge in [-0.2, -0.15) is 26.3 Å². The summed E-state index contributed by atoms with van der Waals surface area (Å²) in [5.74, 6) is -1.35. The molecule has 9 heteroatoms. The zero-order valence-corrected chi connectivity index (χ0v) is 9.93. The zero-order valence-electron chi connectivity index (χ0n) is 9.93. The summed E-state index contributed by atoms with van der Waals surface area (Å²) in [5.41, 5.74) is -4.05.